The number of nitrogens with zero attached hydrogens (tertiary/aromatic N) is 2. The van der Waals surface area contributed by atoms with Gasteiger partial charge in [0.05, 0.1) is 6.61 Å². The van der Waals surface area contributed by atoms with Crippen LogP contribution in [0.25, 0.3) is 11.4 Å². The maximum absolute atomic E-state index is 12.5. The van der Waals surface area contributed by atoms with E-state index >= 15 is 0 Å². The summed E-state index contributed by atoms with van der Waals surface area (Å²) in [7, 11) is 1.63. The van der Waals surface area contributed by atoms with Crippen molar-refractivity contribution in [1.82, 2.24) is 14.8 Å². The number of ether oxygens (including phenoxy) is 3. The molecule has 0 spiro atoms. The zero-order valence-electron chi connectivity index (χ0n) is 13.4. The van der Waals surface area contributed by atoms with Gasteiger partial charge in [0, 0.05) is 25.8 Å². The average molecular weight is 359 g/mol. The van der Waals surface area contributed by atoms with Crippen LogP contribution in [0.1, 0.15) is 13.3 Å². The van der Waals surface area contributed by atoms with Crippen molar-refractivity contribution < 1.29 is 23.0 Å². The van der Waals surface area contributed by atoms with E-state index in [0.717, 1.165) is 6.42 Å². The number of alkyl halides is 2. The first-order valence-corrected chi connectivity index (χ1v) is 7.83. The molecule has 1 aromatic heterocycles. The number of hydrogen-bond acceptors (Lipinski definition) is 5. The Bertz CT molecular complexity index is 718. The van der Waals surface area contributed by atoms with Crippen LogP contribution in [0.15, 0.2) is 18.2 Å². The van der Waals surface area contributed by atoms with Gasteiger partial charge in [0.15, 0.2) is 22.1 Å². The van der Waals surface area contributed by atoms with Crippen LogP contribution in [0.4, 0.5) is 8.78 Å². The molecule has 24 heavy (non-hydrogen) atoms. The normalized spacial score (nSPS) is 11.0. The fourth-order valence-corrected chi connectivity index (χ4v) is 2.44. The number of aromatic nitrogens is 3. The van der Waals surface area contributed by atoms with E-state index in [1.54, 1.807) is 26.2 Å². The number of H-pyrrole nitrogens is 1. The fraction of sp³-hybridized carbons (Fsp3) is 0.467. The maximum atomic E-state index is 12.5. The number of hydrogen-bond donors (Lipinski definition) is 1. The number of methoxy groups -OCH3 is 1. The number of benzene rings is 1. The van der Waals surface area contributed by atoms with Gasteiger partial charge in [-0.15, -0.1) is 0 Å². The van der Waals surface area contributed by atoms with Gasteiger partial charge >= 0.3 is 6.61 Å². The van der Waals surface area contributed by atoms with Crippen molar-refractivity contribution in [1.29, 1.82) is 0 Å². The third-order valence-corrected chi connectivity index (χ3v) is 3.52. The van der Waals surface area contributed by atoms with Crippen LogP contribution in [0.3, 0.4) is 0 Å². The highest BCUT2D eigenvalue weighted by molar-refractivity contribution is 7.71. The van der Waals surface area contributed by atoms with Crippen molar-refractivity contribution in [2.24, 2.45) is 0 Å². The predicted molar refractivity (Wildman–Crippen MR) is 87.1 cm³/mol. The van der Waals surface area contributed by atoms with Crippen LogP contribution in [0, 0.1) is 4.77 Å². The van der Waals surface area contributed by atoms with Crippen molar-refractivity contribution in [3.63, 3.8) is 0 Å². The lowest BCUT2D eigenvalue weighted by Crippen LogP contribution is -2.06. The lowest BCUT2D eigenvalue weighted by Gasteiger charge is -2.13. The molecular formula is C15H19F2N3O3S. The van der Waals surface area contributed by atoms with E-state index in [-0.39, 0.29) is 11.5 Å². The Morgan fingerprint density at radius 3 is 2.79 bits per heavy atom. The van der Waals surface area contributed by atoms with E-state index in [4.69, 9.17) is 21.7 Å². The lowest BCUT2D eigenvalue weighted by atomic mass is 10.2. The molecule has 1 heterocycles. The molecule has 0 aliphatic heterocycles. The van der Waals surface area contributed by atoms with Crippen molar-refractivity contribution >= 4 is 12.2 Å². The van der Waals surface area contributed by atoms with Gasteiger partial charge in [-0.05, 0) is 43.8 Å². The number of halogens is 2. The molecule has 6 nitrogen and oxygen atoms in total. The van der Waals surface area contributed by atoms with Crippen LogP contribution in [0.5, 0.6) is 11.5 Å². The lowest BCUT2D eigenvalue weighted by molar-refractivity contribution is -0.0514. The van der Waals surface area contributed by atoms with Crippen LogP contribution < -0.4 is 9.47 Å². The van der Waals surface area contributed by atoms with Gasteiger partial charge in [0.25, 0.3) is 0 Å². The van der Waals surface area contributed by atoms with E-state index in [2.05, 4.69) is 14.9 Å². The number of nitrogens with one attached hydrogen (secondary N) is 1. The molecule has 132 valence electrons. The molecule has 1 N–H and O–H groups in total. The van der Waals surface area contributed by atoms with Crippen LogP contribution >= 0.6 is 12.2 Å². The molecule has 0 unspecified atom stereocenters. The second kappa shape index (κ2) is 8.74. The molecule has 0 aliphatic carbocycles. The van der Waals surface area contributed by atoms with E-state index < -0.39 is 6.61 Å². The molecule has 0 radical (unpaired) electrons. The Balaban J connectivity index is 2.35. The van der Waals surface area contributed by atoms with Gasteiger partial charge in [0.2, 0.25) is 0 Å². The zero-order valence-corrected chi connectivity index (χ0v) is 14.2. The van der Waals surface area contributed by atoms with Crippen molar-refractivity contribution in [3.05, 3.63) is 23.0 Å². The van der Waals surface area contributed by atoms with Crippen molar-refractivity contribution in [3.8, 4) is 22.9 Å². The van der Waals surface area contributed by atoms with Gasteiger partial charge in [-0.25, -0.2) is 0 Å². The van der Waals surface area contributed by atoms with Gasteiger partial charge < -0.3 is 18.8 Å². The molecule has 0 atom stereocenters. The first-order valence-electron chi connectivity index (χ1n) is 7.43. The fourth-order valence-electron chi connectivity index (χ4n) is 2.22. The van der Waals surface area contributed by atoms with Crippen molar-refractivity contribution in [2.45, 2.75) is 26.5 Å². The van der Waals surface area contributed by atoms with E-state index in [1.807, 2.05) is 4.57 Å². The molecular weight excluding hydrogens is 340 g/mol. The van der Waals surface area contributed by atoms with Gasteiger partial charge in [0.1, 0.15) is 0 Å². The number of aromatic amines is 1. The van der Waals surface area contributed by atoms with E-state index in [1.165, 1.54) is 6.07 Å². The Hall–Kier alpha value is -2.00. The molecule has 0 saturated carbocycles. The summed E-state index contributed by atoms with van der Waals surface area (Å²) in [6.07, 6.45) is 0.766. The highest BCUT2D eigenvalue weighted by Gasteiger charge is 2.15. The van der Waals surface area contributed by atoms with Gasteiger partial charge in [-0.2, -0.15) is 13.9 Å². The summed E-state index contributed by atoms with van der Waals surface area (Å²) in [5.41, 5.74) is 0.685. The Kier molecular flexibility index (Phi) is 6.68. The summed E-state index contributed by atoms with van der Waals surface area (Å²) < 4.78 is 42.2. The van der Waals surface area contributed by atoms with E-state index in [0.29, 0.717) is 35.9 Å². The van der Waals surface area contributed by atoms with Crippen molar-refractivity contribution in [2.75, 3.05) is 20.3 Å². The standard InChI is InChI=1S/C15H19F2N3O3S/c1-3-22-12-9-10(5-6-11(12)23-14(16)17)13-18-19-15(24)20(13)7-4-8-21-2/h5-6,9,14H,3-4,7-8H2,1-2H3,(H,19,24). The van der Waals surface area contributed by atoms with Crippen LogP contribution in [-0.2, 0) is 11.3 Å². The topological polar surface area (TPSA) is 61.3 Å². The minimum Gasteiger partial charge on any atom is -0.490 e. The minimum absolute atomic E-state index is 0.0179. The van der Waals surface area contributed by atoms with E-state index in [9.17, 15) is 8.78 Å². The summed E-state index contributed by atoms with van der Waals surface area (Å²) in [6, 6.07) is 4.68. The molecule has 0 aliphatic rings. The largest absolute Gasteiger partial charge is 0.490 e. The summed E-state index contributed by atoms with van der Waals surface area (Å²) in [4.78, 5) is 0. The smallest absolute Gasteiger partial charge is 0.387 e. The summed E-state index contributed by atoms with van der Waals surface area (Å²) in [6.45, 7) is 0.387. The monoisotopic (exact) mass is 359 g/mol. The Morgan fingerprint density at radius 2 is 2.12 bits per heavy atom. The molecule has 0 bridgehead atoms. The summed E-state index contributed by atoms with van der Waals surface area (Å²) >= 11 is 5.24. The first-order chi connectivity index (χ1) is 11.6. The minimum atomic E-state index is -2.92. The second-order valence-corrected chi connectivity index (χ2v) is 5.21. The average Bonchev–Trinajstić information content (AvgIpc) is 2.90. The Morgan fingerprint density at radius 1 is 1.33 bits per heavy atom. The maximum Gasteiger partial charge on any atom is 0.387 e. The van der Waals surface area contributed by atoms with Crippen LogP contribution in [0.2, 0.25) is 0 Å². The quantitative estimate of drug-likeness (QED) is 0.547. The van der Waals surface area contributed by atoms with Gasteiger partial charge in [-0.1, -0.05) is 0 Å². The highest BCUT2D eigenvalue weighted by atomic mass is 32.1. The molecule has 0 fully saturated rings. The molecule has 0 saturated heterocycles. The van der Waals surface area contributed by atoms with Crippen LogP contribution in [-0.4, -0.2) is 41.7 Å². The second-order valence-electron chi connectivity index (χ2n) is 4.82. The third-order valence-electron chi connectivity index (χ3n) is 3.21. The molecule has 1 aromatic carbocycles. The molecule has 2 aromatic rings. The first kappa shape index (κ1) is 18.3. The summed E-state index contributed by atoms with van der Waals surface area (Å²) in [5.74, 6) is 0.809. The Labute approximate surface area is 143 Å². The number of rotatable bonds is 9. The zero-order chi connectivity index (χ0) is 17.5. The van der Waals surface area contributed by atoms with Gasteiger partial charge in [-0.3, -0.25) is 5.10 Å². The molecule has 2 rings (SSSR count). The third kappa shape index (κ3) is 4.51. The predicted octanol–water partition coefficient (Wildman–Crippen LogP) is 3.64. The summed E-state index contributed by atoms with van der Waals surface area (Å²) in [5, 5.41) is 6.96. The molecule has 9 heteroatoms. The molecule has 0 amide bonds. The highest BCUT2D eigenvalue weighted by Crippen LogP contribution is 2.33. The SMILES string of the molecule is CCOc1cc(-c2n[nH]c(=S)n2CCCOC)ccc1OC(F)F.